The molecule has 0 atom stereocenters. The Kier molecular flexibility index (Phi) is 5.70. The first-order valence-electron chi connectivity index (χ1n) is 5.81. The lowest BCUT2D eigenvalue weighted by molar-refractivity contribution is -0.118. The molecule has 0 unspecified atom stereocenters. The largest absolute Gasteiger partial charge is 0.496 e. The second-order valence-corrected chi connectivity index (χ2v) is 3.79. The van der Waals surface area contributed by atoms with Crippen LogP contribution in [-0.4, -0.2) is 32.0 Å². The topological polar surface area (TPSA) is 67.4 Å². The van der Waals surface area contributed by atoms with Crippen LogP contribution >= 0.6 is 0 Å². The van der Waals surface area contributed by atoms with Gasteiger partial charge in [0.1, 0.15) is 5.75 Å². The highest BCUT2D eigenvalue weighted by atomic mass is 16.5. The summed E-state index contributed by atoms with van der Waals surface area (Å²) in [5.41, 5.74) is 0.513. The molecule has 0 bridgehead atoms. The molecule has 5 nitrogen and oxygen atoms in total. The Morgan fingerprint density at radius 1 is 1.17 bits per heavy atom. The third-order valence-electron chi connectivity index (χ3n) is 2.36. The van der Waals surface area contributed by atoms with Crippen molar-refractivity contribution in [1.29, 1.82) is 0 Å². The van der Waals surface area contributed by atoms with Crippen LogP contribution in [-0.2, 0) is 4.79 Å². The van der Waals surface area contributed by atoms with E-state index >= 15 is 0 Å². The summed E-state index contributed by atoms with van der Waals surface area (Å²) in [6.07, 6.45) is 0.695. The molecule has 18 heavy (non-hydrogen) atoms. The van der Waals surface area contributed by atoms with Gasteiger partial charge in [0.05, 0.1) is 12.7 Å². The Bertz CT molecular complexity index is 418. The van der Waals surface area contributed by atoms with Gasteiger partial charge in [-0.2, -0.15) is 0 Å². The maximum atomic E-state index is 11.8. The fourth-order valence-electron chi connectivity index (χ4n) is 1.48. The van der Waals surface area contributed by atoms with Crippen LogP contribution in [0.1, 0.15) is 23.7 Å². The first-order valence-corrected chi connectivity index (χ1v) is 5.81. The highest BCUT2D eigenvalue weighted by Crippen LogP contribution is 2.16. The molecule has 2 N–H and O–H groups in total. The maximum absolute atomic E-state index is 11.8. The lowest BCUT2D eigenvalue weighted by Crippen LogP contribution is -2.29. The maximum Gasteiger partial charge on any atom is 0.255 e. The normalized spacial score (nSPS) is 9.67. The van der Waals surface area contributed by atoms with Crippen molar-refractivity contribution < 1.29 is 14.3 Å². The Hall–Kier alpha value is -2.04. The molecule has 0 saturated carbocycles. The Morgan fingerprint density at radius 3 is 2.50 bits per heavy atom. The van der Waals surface area contributed by atoms with Crippen LogP contribution in [0.15, 0.2) is 24.3 Å². The molecule has 0 fully saturated rings. The molecule has 0 spiro atoms. The number of nitrogens with one attached hydrogen (secondary N) is 2. The standard InChI is InChI=1S/C13H18N2O3/c1-10(16)14-8-5-9-15-13(17)11-6-3-4-7-12(11)18-2/h3-4,6-7H,5,8-9H2,1-2H3,(H,14,16)(H,15,17). The van der Waals surface area contributed by atoms with E-state index in [0.29, 0.717) is 30.8 Å². The van der Waals surface area contributed by atoms with Crippen LogP contribution in [0.4, 0.5) is 0 Å². The lowest BCUT2D eigenvalue weighted by Gasteiger charge is -2.09. The third-order valence-corrected chi connectivity index (χ3v) is 2.36. The van der Waals surface area contributed by atoms with Crippen molar-refractivity contribution in [3.63, 3.8) is 0 Å². The molecule has 98 valence electrons. The molecule has 0 radical (unpaired) electrons. The number of para-hydroxylation sites is 1. The van der Waals surface area contributed by atoms with Crippen molar-refractivity contribution in [3.8, 4) is 5.75 Å². The number of carbonyl (C=O) groups excluding carboxylic acids is 2. The molecule has 1 aromatic rings. The molecule has 0 aliphatic heterocycles. The number of carbonyl (C=O) groups is 2. The molecular weight excluding hydrogens is 232 g/mol. The van der Waals surface area contributed by atoms with Crippen LogP contribution in [0.3, 0.4) is 0 Å². The lowest BCUT2D eigenvalue weighted by atomic mass is 10.2. The molecule has 0 aliphatic carbocycles. The van der Waals surface area contributed by atoms with Crippen molar-refractivity contribution in [2.75, 3.05) is 20.2 Å². The zero-order chi connectivity index (χ0) is 13.4. The van der Waals surface area contributed by atoms with Gasteiger partial charge in [0, 0.05) is 20.0 Å². The van der Waals surface area contributed by atoms with E-state index < -0.39 is 0 Å². The summed E-state index contributed by atoms with van der Waals surface area (Å²) in [4.78, 5) is 22.5. The number of rotatable bonds is 6. The van der Waals surface area contributed by atoms with Gasteiger partial charge in [0.25, 0.3) is 5.91 Å². The van der Waals surface area contributed by atoms with Crippen molar-refractivity contribution in [1.82, 2.24) is 10.6 Å². The predicted molar refractivity (Wildman–Crippen MR) is 68.6 cm³/mol. The number of benzene rings is 1. The summed E-state index contributed by atoms with van der Waals surface area (Å²) in [6, 6.07) is 7.05. The molecule has 0 saturated heterocycles. The number of amides is 2. The van der Waals surface area contributed by atoms with Crippen molar-refractivity contribution in [2.45, 2.75) is 13.3 Å². The van der Waals surface area contributed by atoms with Gasteiger partial charge in [0.2, 0.25) is 5.91 Å². The van der Waals surface area contributed by atoms with Gasteiger partial charge in [-0.15, -0.1) is 0 Å². The molecule has 2 amide bonds. The summed E-state index contributed by atoms with van der Waals surface area (Å²) >= 11 is 0. The summed E-state index contributed by atoms with van der Waals surface area (Å²) in [5.74, 6) is 0.318. The average molecular weight is 250 g/mol. The van der Waals surface area contributed by atoms with Crippen molar-refractivity contribution in [2.24, 2.45) is 0 Å². The minimum atomic E-state index is -0.171. The molecule has 5 heteroatoms. The van der Waals surface area contributed by atoms with Gasteiger partial charge in [-0.25, -0.2) is 0 Å². The second-order valence-electron chi connectivity index (χ2n) is 3.79. The summed E-state index contributed by atoms with van der Waals surface area (Å²) < 4.78 is 5.11. The third kappa shape index (κ3) is 4.45. The van der Waals surface area contributed by atoms with E-state index in [1.165, 1.54) is 14.0 Å². The van der Waals surface area contributed by atoms with Crippen LogP contribution in [0.2, 0.25) is 0 Å². The predicted octanol–water partition coefficient (Wildman–Crippen LogP) is 0.951. The van der Waals surface area contributed by atoms with E-state index in [9.17, 15) is 9.59 Å². The SMILES string of the molecule is COc1ccccc1C(=O)NCCCNC(C)=O. The minimum Gasteiger partial charge on any atom is -0.496 e. The first kappa shape index (κ1) is 14.0. The van der Waals surface area contributed by atoms with Gasteiger partial charge < -0.3 is 15.4 Å². The van der Waals surface area contributed by atoms with Crippen LogP contribution < -0.4 is 15.4 Å². The summed E-state index contributed by atoms with van der Waals surface area (Å²) in [5, 5.41) is 5.44. The molecular formula is C13H18N2O3. The molecule has 0 heterocycles. The fourth-order valence-corrected chi connectivity index (χ4v) is 1.48. The monoisotopic (exact) mass is 250 g/mol. The quantitative estimate of drug-likeness (QED) is 0.739. The van der Waals surface area contributed by atoms with Crippen LogP contribution in [0.5, 0.6) is 5.75 Å². The highest BCUT2D eigenvalue weighted by Gasteiger charge is 2.10. The molecule has 1 aromatic carbocycles. The van der Waals surface area contributed by atoms with Gasteiger partial charge >= 0.3 is 0 Å². The number of hydrogen-bond acceptors (Lipinski definition) is 3. The van der Waals surface area contributed by atoms with Gasteiger partial charge in [0.15, 0.2) is 0 Å². The Balaban J connectivity index is 2.38. The number of ether oxygens (including phenoxy) is 1. The summed E-state index contributed by atoms with van der Waals surface area (Å²) in [6.45, 7) is 2.53. The van der Waals surface area contributed by atoms with Gasteiger partial charge in [-0.05, 0) is 18.6 Å². The zero-order valence-electron chi connectivity index (χ0n) is 10.7. The number of hydrogen-bond donors (Lipinski definition) is 2. The van der Waals surface area contributed by atoms with Crippen LogP contribution in [0.25, 0.3) is 0 Å². The van der Waals surface area contributed by atoms with Gasteiger partial charge in [-0.3, -0.25) is 9.59 Å². The van der Waals surface area contributed by atoms with Crippen LogP contribution in [0, 0.1) is 0 Å². The highest BCUT2D eigenvalue weighted by molar-refractivity contribution is 5.96. The Labute approximate surface area is 107 Å². The molecule has 1 rings (SSSR count). The first-order chi connectivity index (χ1) is 8.65. The summed E-state index contributed by atoms with van der Waals surface area (Å²) in [7, 11) is 1.53. The molecule has 0 aromatic heterocycles. The van der Waals surface area contributed by atoms with E-state index in [1.54, 1.807) is 18.2 Å². The van der Waals surface area contributed by atoms with E-state index in [2.05, 4.69) is 10.6 Å². The van der Waals surface area contributed by atoms with Crippen molar-refractivity contribution >= 4 is 11.8 Å². The van der Waals surface area contributed by atoms with E-state index in [-0.39, 0.29) is 11.8 Å². The Morgan fingerprint density at radius 2 is 1.83 bits per heavy atom. The number of methoxy groups -OCH3 is 1. The van der Waals surface area contributed by atoms with E-state index in [4.69, 9.17) is 4.74 Å². The zero-order valence-corrected chi connectivity index (χ0v) is 10.7. The smallest absolute Gasteiger partial charge is 0.255 e. The van der Waals surface area contributed by atoms with Crippen molar-refractivity contribution in [3.05, 3.63) is 29.8 Å². The van der Waals surface area contributed by atoms with E-state index in [1.807, 2.05) is 6.07 Å². The molecule has 0 aliphatic rings. The second kappa shape index (κ2) is 7.32. The minimum absolute atomic E-state index is 0.0638. The average Bonchev–Trinajstić information content (AvgIpc) is 2.37. The van der Waals surface area contributed by atoms with Gasteiger partial charge in [-0.1, -0.05) is 12.1 Å². The van der Waals surface area contributed by atoms with E-state index in [0.717, 1.165) is 0 Å². The fraction of sp³-hybridized carbons (Fsp3) is 0.385.